The summed E-state index contributed by atoms with van der Waals surface area (Å²) in [4.78, 5) is 14.2. The highest BCUT2D eigenvalue weighted by atomic mass is 19.1. The van der Waals surface area contributed by atoms with Gasteiger partial charge in [0.2, 0.25) is 0 Å². The first-order valence-corrected chi connectivity index (χ1v) is 8.42. The molecule has 0 saturated carbocycles. The number of hydrogen-bond donors (Lipinski definition) is 1. The number of carbonyl (C=O) groups is 1. The number of benzene rings is 2. The Bertz CT molecular complexity index is 960. The van der Waals surface area contributed by atoms with Crippen molar-refractivity contribution in [3.8, 4) is 0 Å². The van der Waals surface area contributed by atoms with Gasteiger partial charge in [-0.15, -0.1) is 10.2 Å². The van der Waals surface area contributed by atoms with Crippen LogP contribution >= 0.6 is 0 Å². The summed E-state index contributed by atoms with van der Waals surface area (Å²) < 4.78 is 26.6. The number of halogens is 2. The molecule has 3 aromatic rings. The van der Waals surface area contributed by atoms with Gasteiger partial charge in [0.25, 0.3) is 5.91 Å². The highest BCUT2D eigenvalue weighted by Gasteiger charge is 2.14. The van der Waals surface area contributed by atoms with Gasteiger partial charge in [-0.05, 0) is 55.8 Å². The molecule has 7 heteroatoms. The number of amides is 1. The van der Waals surface area contributed by atoms with E-state index in [1.165, 1.54) is 6.07 Å². The minimum Gasteiger partial charge on any atom is -0.325 e. The Morgan fingerprint density at radius 3 is 2.52 bits per heavy atom. The SMILES string of the molecule is CCN(c1cccc(C)c1)c1ccc(C(=O)Nc2ccc(F)cc2F)nn1. The van der Waals surface area contributed by atoms with Gasteiger partial charge in [0, 0.05) is 18.3 Å². The van der Waals surface area contributed by atoms with Gasteiger partial charge in [0.05, 0.1) is 5.69 Å². The Balaban J connectivity index is 1.78. The fraction of sp³-hybridized carbons (Fsp3) is 0.150. The summed E-state index contributed by atoms with van der Waals surface area (Å²) in [5, 5.41) is 10.4. The Labute approximate surface area is 155 Å². The average molecular weight is 368 g/mol. The molecule has 3 rings (SSSR count). The smallest absolute Gasteiger partial charge is 0.276 e. The van der Waals surface area contributed by atoms with Gasteiger partial charge in [-0.2, -0.15) is 0 Å². The van der Waals surface area contributed by atoms with Crippen LogP contribution in [0.3, 0.4) is 0 Å². The molecule has 0 aliphatic rings. The van der Waals surface area contributed by atoms with E-state index in [1.54, 1.807) is 6.07 Å². The molecule has 0 spiro atoms. The van der Waals surface area contributed by atoms with Crippen molar-refractivity contribution in [3.05, 3.63) is 77.5 Å². The first-order valence-electron chi connectivity index (χ1n) is 8.42. The van der Waals surface area contributed by atoms with Crippen LogP contribution < -0.4 is 10.2 Å². The number of carbonyl (C=O) groups excluding carboxylic acids is 1. The molecule has 0 saturated heterocycles. The maximum Gasteiger partial charge on any atom is 0.276 e. The Kier molecular flexibility index (Phi) is 5.40. The summed E-state index contributed by atoms with van der Waals surface area (Å²) in [5.74, 6) is -1.61. The molecule has 2 aromatic carbocycles. The third-order valence-electron chi connectivity index (χ3n) is 3.97. The molecule has 27 heavy (non-hydrogen) atoms. The zero-order valence-electron chi connectivity index (χ0n) is 14.9. The predicted octanol–water partition coefficient (Wildman–Crippen LogP) is 4.47. The lowest BCUT2D eigenvalue weighted by Gasteiger charge is -2.22. The van der Waals surface area contributed by atoms with Gasteiger partial charge in [0.15, 0.2) is 11.5 Å². The lowest BCUT2D eigenvalue weighted by molar-refractivity contribution is 0.102. The highest BCUT2D eigenvalue weighted by Crippen LogP contribution is 2.24. The molecule has 1 amide bonds. The van der Waals surface area contributed by atoms with Crippen molar-refractivity contribution < 1.29 is 13.6 Å². The van der Waals surface area contributed by atoms with Crippen LogP contribution in [-0.2, 0) is 0 Å². The lowest BCUT2D eigenvalue weighted by Crippen LogP contribution is -2.20. The molecule has 0 aliphatic heterocycles. The molecule has 1 N–H and O–H groups in total. The molecule has 0 fully saturated rings. The maximum absolute atomic E-state index is 13.7. The van der Waals surface area contributed by atoms with Crippen molar-refractivity contribution in [2.24, 2.45) is 0 Å². The van der Waals surface area contributed by atoms with E-state index in [0.29, 0.717) is 18.4 Å². The third kappa shape index (κ3) is 4.25. The lowest BCUT2D eigenvalue weighted by atomic mass is 10.2. The van der Waals surface area contributed by atoms with Crippen molar-refractivity contribution in [1.29, 1.82) is 0 Å². The fourth-order valence-corrected chi connectivity index (χ4v) is 2.64. The average Bonchev–Trinajstić information content (AvgIpc) is 2.65. The Hall–Kier alpha value is -3.35. The largest absolute Gasteiger partial charge is 0.325 e. The standard InChI is InChI=1S/C20H18F2N4O/c1-3-26(15-6-4-5-13(2)11-15)19-10-9-18(24-25-19)20(27)23-17-8-7-14(21)12-16(17)22/h4-12H,3H2,1-2H3,(H,23,27). The molecule has 0 bridgehead atoms. The molecule has 0 atom stereocenters. The second-order valence-electron chi connectivity index (χ2n) is 5.94. The first-order chi connectivity index (χ1) is 13.0. The summed E-state index contributed by atoms with van der Waals surface area (Å²) in [5.41, 5.74) is 2.00. The second-order valence-corrected chi connectivity index (χ2v) is 5.94. The van der Waals surface area contributed by atoms with E-state index in [1.807, 2.05) is 43.0 Å². The quantitative estimate of drug-likeness (QED) is 0.722. The number of aromatic nitrogens is 2. The molecular formula is C20H18F2N4O. The van der Waals surface area contributed by atoms with Crippen molar-refractivity contribution in [3.63, 3.8) is 0 Å². The van der Waals surface area contributed by atoms with Crippen LogP contribution in [0.25, 0.3) is 0 Å². The van der Waals surface area contributed by atoms with Crippen LogP contribution in [0.1, 0.15) is 23.0 Å². The van der Waals surface area contributed by atoms with E-state index in [4.69, 9.17) is 0 Å². The number of nitrogens with zero attached hydrogens (tertiary/aromatic N) is 3. The van der Waals surface area contributed by atoms with E-state index >= 15 is 0 Å². The molecule has 138 valence electrons. The normalized spacial score (nSPS) is 10.5. The molecule has 0 aliphatic carbocycles. The van der Waals surface area contributed by atoms with E-state index < -0.39 is 17.5 Å². The van der Waals surface area contributed by atoms with Crippen molar-refractivity contribution >= 4 is 23.1 Å². The minimum absolute atomic E-state index is 0.0303. The monoisotopic (exact) mass is 368 g/mol. The van der Waals surface area contributed by atoms with Gasteiger partial charge in [-0.1, -0.05) is 12.1 Å². The van der Waals surface area contributed by atoms with Crippen LogP contribution in [-0.4, -0.2) is 22.6 Å². The Morgan fingerprint density at radius 2 is 1.89 bits per heavy atom. The number of aryl methyl sites for hydroxylation is 1. The van der Waals surface area contributed by atoms with Gasteiger partial charge in [-0.3, -0.25) is 4.79 Å². The second kappa shape index (κ2) is 7.90. The molecular weight excluding hydrogens is 350 g/mol. The highest BCUT2D eigenvalue weighted by molar-refractivity contribution is 6.02. The van der Waals surface area contributed by atoms with Crippen LogP contribution in [0.4, 0.5) is 26.0 Å². The fourth-order valence-electron chi connectivity index (χ4n) is 2.64. The van der Waals surface area contributed by atoms with Gasteiger partial charge >= 0.3 is 0 Å². The molecule has 1 heterocycles. The number of nitrogens with one attached hydrogen (secondary N) is 1. The van der Waals surface area contributed by atoms with Crippen molar-refractivity contribution in [2.75, 3.05) is 16.8 Å². The minimum atomic E-state index is -0.857. The zero-order chi connectivity index (χ0) is 19.4. The van der Waals surface area contributed by atoms with E-state index in [9.17, 15) is 13.6 Å². The number of anilines is 3. The number of hydrogen-bond acceptors (Lipinski definition) is 4. The number of rotatable bonds is 5. The summed E-state index contributed by atoms with van der Waals surface area (Å²) in [6.07, 6.45) is 0. The van der Waals surface area contributed by atoms with E-state index in [0.717, 1.165) is 23.4 Å². The molecule has 0 radical (unpaired) electrons. The predicted molar refractivity (Wildman–Crippen MR) is 100 cm³/mol. The van der Waals surface area contributed by atoms with Gasteiger partial charge < -0.3 is 10.2 Å². The van der Waals surface area contributed by atoms with Crippen LogP contribution in [0.5, 0.6) is 0 Å². The van der Waals surface area contributed by atoms with E-state index in [2.05, 4.69) is 15.5 Å². The Morgan fingerprint density at radius 1 is 1.07 bits per heavy atom. The van der Waals surface area contributed by atoms with Crippen molar-refractivity contribution in [1.82, 2.24) is 10.2 Å². The summed E-state index contributed by atoms with van der Waals surface area (Å²) in [6.45, 7) is 4.66. The van der Waals surface area contributed by atoms with Crippen LogP contribution in [0, 0.1) is 18.6 Å². The summed E-state index contributed by atoms with van der Waals surface area (Å²) in [6, 6.07) is 14.1. The topological polar surface area (TPSA) is 58.1 Å². The maximum atomic E-state index is 13.7. The van der Waals surface area contributed by atoms with Gasteiger partial charge in [-0.25, -0.2) is 8.78 Å². The zero-order valence-corrected chi connectivity index (χ0v) is 14.9. The summed E-state index contributed by atoms with van der Waals surface area (Å²) in [7, 11) is 0. The van der Waals surface area contributed by atoms with Crippen LogP contribution in [0.2, 0.25) is 0 Å². The van der Waals surface area contributed by atoms with E-state index in [-0.39, 0.29) is 11.4 Å². The molecule has 1 aromatic heterocycles. The molecule has 0 unspecified atom stereocenters. The summed E-state index contributed by atoms with van der Waals surface area (Å²) >= 11 is 0. The third-order valence-corrected chi connectivity index (χ3v) is 3.97. The van der Waals surface area contributed by atoms with Crippen molar-refractivity contribution in [2.45, 2.75) is 13.8 Å². The van der Waals surface area contributed by atoms with Crippen LogP contribution in [0.15, 0.2) is 54.6 Å². The van der Waals surface area contributed by atoms with Gasteiger partial charge in [0.1, 0.15) is 11.6 Å². The molecule has 5 nitrogen and oxygen atoms in total. The first kappa shape index (κ1) is 18.4.